The lowest BCUT2D eigenvalue weighted by atomic mass is 10.0. The maximum atomic E-state index is 12.4. The van der Waals surface area contributed by atoms with Crippen LogP contribution in [0.1, 0.15) is 194 Å². The van der Waals surface area contributed by atoms with E-state index in [2.05, 4.69) is 129 Å². The lowest BCUT2D eigenvalue weighted by Crippen LogP contribution is -2.45. The summed E-state index contributed by atoms with van der Waals surface area (Å²) in [6.45, 7) is 4.08. The highest BCUT2D eigenvalue weighted by molar-refractivity contribution is 5.76. The molecule has 0 aromatic heterocycles. The largest absolute Gasteiger partial charge is 0.394 e. The van der Waals surface area contributed by atoms with Crippen molar-refractivity contribution < 1.29 is 15.0 Å². The Kier molecular flexibility index (Phi) is 45.5. The third kappa shape index (κ3) is 43.9. The summed E-state index contributed by atoms with van der Waals surface area (Å²) in [7, 11) is 0. The average molecular weight is 800 g/mol. The number of nitrogens with one attached hydrogen (secondary N) is 1. The molecule has 328 valence electrons. The summed E-state index contributed by atoms with van der Waals surface area (Å²) in [6.07, 6.45) is 74.7. The van der Waals surface area contributed by atoms with Crippen molar-refractivity contribution in [2.75, 3.05) is 6.61 Å². The molecule has 0 heterocycles. The van der Waals surface area contributed by atoms with Gasteiger partial charge in [0, 0.05) is 6.42 Å². The number of unbranched alkanes of at least 4 members (excludes halogenated alkanes) is 16. The van der Waals surface area contributed by atoms with E-state index < -0.39 is 12.1 Å². The molecule has 0 aliphatic rings. The van der Waals surface area contributed by atoms with Gasteiger partial charge in [-0.25, -0.2) is 0 Å². The number of aliphatic hydroxyl groups excluding tert-OH is 2. The van der Waals surface area contributed by atoms with Crippen LogP contribution < -0.4 is 5.32 Å². The second kappa shape index (κ2) is 48.2. The van der Waals surface area contributed by atoms with Gasteiger partial charge >= 0.3 is 0 Å². The Bertz CT molecular complexity index is 1180. The van der Waals surface area contributed by atoms with E-state index in [0.717, 1.165) is 89.9 Å². The molecule has 0 bridgehead atoms. The molecule has 0 fully saturated rings. The molecule has 0 aromatic rings. The molecule has 0 saturated carbocycles. The van der Waals surface area contributed by atoms with Crippen molar-refractivity contribution in [2.24, 2.45) is 0 Å². The molecule has 4 heteroatoms. The number of carbonyl (C=O) groups is 1. The number of rotatable bonds is 41. The fraction of sp³-hybridized carbons (Fsp3) is 0.611. The molecular weight excluding hydrogens is 711 g/mol. The summed E-state index contributed by atoms with van der Waals surface area (Å²) >= 11 is 0. The fourth-order valence-corrected chi connectivity index (χ4v) is 6.31. The van der Waals surface area contributed by atoms with E-state index in [1.54, 1.807) is 6.08 Å². The summed E-state index contributed by atoms with van der Waals surface area (Å²) < 4.78 is 0. The molecule has 4 nitrogen and oxygen atoms in total. The Morgan fingerprint density at radius 1 is 0.431 bits per heavy atom. The standard InChI is InChI=1S/C54H89NO3/c1-3-5-7-9-11-13-15-16-17-18-19-20-21-22-23-24-25-26-27-28-29-30-31-32-33-34-35-36-37-38-40-42-44-46-48-50-54(58)55-52(51-56)53(57)49-47-45-43-41-39-14-12-10-8-6-4-2/h5,7-8,10-11,13,16-17,19-20,22-23,25-26,28-29,39,41,47,49,52-53,56-57H,3-4,6,9,12,14-15,18,21,24,27,30-38,40,42-46,48,50-51H2,1-2H3,(H,55,58)/b7-5-,10-8+,13-11-,17-16-,20-19-,23-22-,26-25-,29-28-,41-39+,49-47+. The molecular formula is C54H89NO3. The molecule has 58 heavy (non-hydrogen) atoms. The van der Waals surface area contributed by atoms with Gasteiger partial charge in [-0.3, -0.25) is 4.79 Å². The zero-order valence-electron chi connectivity index (χ0n) is 37.5. The van der Waals surface area contributed by atoms with Crippen LogP contribution in [0.5, 0.6) is 0 Å². The first-order valence-corrected chi connectivity index (χ1v) is 23.7. The van der Waals surface area contributed by atoms with Gasteiger partial charge in [-0.2, -0.15) is 0 Å². The van der Waals surface area contributed by atoms with E-state index in [9.17, 15) is 15.0 Å². The predicted octanol–water partition coefficient (Wildman–Crippen LogP) is 15.3. The molecule has 0 spiro atoms. The van der Waals surface area contributed by atoms with Gasteiger partial charge in [-0.1, -0.05) is 212 Å². The van der Waals surface area contributed by atoms with Crippen LogP contribution in [-0.4, -0.2) is 34.9 Å². The van der Waals surface area contributed by atoms with Crippen LogP contribution in [-0.2, 0) is 4.79 Å². The van der Waals surface area contributed by atoms with Gasteiger partial charge in [0.15, 0.2) is 0 Å². The lowest BCUT2D eigenvalue weighted by molar-refractivity contribution is -0.123. The van der Waals surface area contributed by atoms with E-state index in [1.165, 1.54) is 83.5 Å². The van der Waals surface area contributed by atoms with Crippen LogP contribution >= 0.6 is 0 Å². The molecule has 0 saturated heterocycles. The molecule has 0 aromatic carbocycles. The Morgan fingerprint density at radius 3 is 1.19 bits per heavy atom. The molecule has 3 N–H and O–H groups in total. The highest BCUT2D eigenvalue weighted by Crippen LogP contribution is 2.14. The van der Waals surface area contributed by atoms with Crippen molar-refractivity contribution >= 4 is 5.91 Å². The molecule has 0 radical (unpaired) electrons. The van der Waals surface area contributed by atoms with Gasteiger partial charge in [0.25, 0.3) is 0 Å². The second-order valence-electron chi connectivity index (χ2n) is 15.4. The Balaban J connectivity index is 3.58. The minimum atomic E-state index is -0.875. The minimum absolute atomic E-state index is 0.0873. The van der Waals surface area contributed by atoms with Crippen LogP contribution in [0.25, 0.3) is 0 Å². The maximum Gasteiger partial charge on any atom is 0.220 e. The van der Waals surface area contributed by atoms with Crippen molar-refractivity contribution in [3.05, 3.63) is 122 Å². The van der Waals surface area contributed by atoms with Crippen LogP contribution in [0.4, 0.5) is 0 Å². The van der Waals surface area contributed by atoms with Crippen molar-refractivity contribution in [3.8, 4) is 0 Å². The summed E-state index contributed by atoms with van der Waals surface area (Å²) in [5.41, 5.74) is 0. The maximum absolute atomic E-state index is 12.4. The van der Waals surface area contributed by atoms with E-state index in [4.69, 9.17) is 0 Å². The van der Waals surface area contributed by atoms with Gasteiger partial charge in [-0.15, -0.1) is 0 Å². The number of hydrogen-bond donors (Lipinski definition) is 3. The van der Waals surface area contributed by atoms with Crippen LogP contribution in [0, 0.1) is 0 Å². The van der Waals surface area contributed by atoms with Crippen molar-refractivity contribution in [2.45, 2.75) is 206 Å². The molecule has 1 amide bonds. The Morgan fingerprint density at radius 2 is 0.776 bits per heavy atom. The molecule has 0 aliphatic carbocycles. The second-order valence-corrected chi connectivity index (χ2v) is 15.4. The number of carbonyl (C=O) groups excluding carboxylic acids is 1. The van der Waals surface area contributed by atoms with Gasteiger partial charge in [0.1, 0.15) is 0 Å². The Labute approximate surface area is 358 Å². The monoisotopic (exact) mass is 800 g/mol. The van der Waals surface area contributed by atoms with Gasteiger partial charge < -0.3 is 15.5 Å². The quantitative estimate of drug-likeness (QED) is 0.0426. The predicted molar refractivity (Wildman–Crippen MR) is 257 cm³/mol. The normalized spacial score (nSPS) is 14.1. The first-order chi connectivity index (χ1) is 28.7. The molecule has 2 atom stereocenters. The highest BCUT2D eigenvalue weighted by atomic mass is 16.3. The lowest BCUT2D eigenvalue weighted by Gasteiger charge is -2.19. The number of amides is 1. The van der Waals surface area contributed by atoms with Crippen LogP contribution in [0.15, 0.2) is 122 Å². The van der Waals surface area contributed by atoms with Gasteiger partial charge in [0.05, 0.1) is 18.8 Å². The highest BCUT2D eigenvalue weighted by Gasteiger charge is 2.17. The van der Waals surface area contributed by atoms with E-state index >= 15 is 0 Å². The average Bonchev–Trinajstić information content (AvgIpc) is 3.23. The third-order valence-corrected chi connectivity index (χ3v) is 9.89. The molecule has 2 unspecified atom stereocenters. The van der Waals surface area contributed by atoms with E-state index in [1.807, 2.05) is 6.08 Å². The zero-order valence-corrected chi connectivity index (χ0v) is 37.5. The third-order valence-electron chi connectivity index (χ3n) is 9.89. The molecule has 0 aliphatic heterocycles. The number of allylic oxidation sites excluding steroid dienone is 19. The molecule has 0 rings (SSSR count). The fourth-order valence-electron chi connectivity index (χ4n) is 6.31. The zero-order chi connectivity index (χ0) is 42.1. The van der Waals surface area contributed by atoms with Crippen molar-refractivity contribution in [1.82, 2.24) is 5.32 Å². The number of hydrogen-bond acceptors (Lipinski definition) is 3. The topological polar surface area (TPSA) is 69.6 Å². The van der Waals surface area contributed by atoms with E-state index in [0.29, 0.717) is 6.42 Å². The summed E-state index contributed by atoms with van der Waals surface area (Å²) in [6, 6.07) is -0.651. The van der Waals surface area contributed by atoms with Crippen molar-refractivity contribution in [1.29, 1.82) is 0 Å². The minimum Gasteiger partial charge on any atom is -0.394 e. The van der Waals surface area contributed by atoms with E-state index in [-0.39, 0.29) is 12.5 Å². The summed E-state index contributed by atoms with van der Waals surface area (Å²) in [4.78, 5) is 12.4. The Hall–Kier alpha value is -3.21. The number of aliphatic hydroxyl groups is 2. The van der Waals surface area contributed by atoms with Crippen LogP contribution in [0.3, 0.4) is 0 Å². The van der Waals surface area contributed by atoms with Gasteiger partial charge in [0.2, 0.25) is 5.91 Å². The first-order valence-electron chi connectivity index (χ1n) is 23.7. The summed E-state index contributed by atoms with van der Waals surface area (Å²) in [5.74, 6) is -0.0873. The van der Waals surface area contributed by atoms with Crippen LogP contribution in [0.2, 0.25) is 0 Å². The SMILES string of the molecule is CC/C=C\C/C=C\C/C=C\C/C=C\C/C=C\C/C=C\C/C=C\CCCCCCCCCCCCCCCC(=O)NC(CO)C(O)/C=C/CC/C=C/CC/C=C/CCC. The first kappa shape index (κ1) is 54.8. The summed E-state index contributed by atoms with van der Waals surface area (Å²) in [5, 5.41) is 22.9. The smallest absolute Gasteiger partial charge is 0.220 e. The van der Waals surface area contributed by atoms with Crippen molar-refractivity contribution in [3.63, 3.8) is 0 Å². The van der Waals surface area contributed by atoms with Gasteiger partial charge in [-0.05, 0) is 96.3 Å².